The van der Waals surface area contributed by atoms with E-state index in [1.165, 1.54) is 24.3 Å². The molecule has 22 heavy (non-hydrogen) atoms. The zero-order valence-electron chi connectivity index (χ0n) is 11.6. The Labute approximate surface area is 125 Å². The van der Waals surface area contributed by atoms with Crippen LogP contribution in [0.25, 0.3) is 11.1 Å². The van der Waals surface area contributed by atoms with Gasteiger partial charge >= 0.3 is 11.9 Å². The Morgan fingerprint density at radius 1 is 1.14 bits per heavy atom. The number of esters is 1. The normalized spacial score (nSPS) is 10.3. The van der Waals surface area contributed by atoms with Crippen LogP contribution in [0.2, 0.25) is 0 Å². The number of benzene rings is 2. The van der Waals surface area contributed by atoms with E-state index in [-0.39, 0.29) is 28.9 Å². The van der Waals surface area contributed by atoms with E-state index in [2.05, 4.69) is 0 Å². The first kappa shape index (κ1) is 15.6. The van der Waals surface area contributed by atoms with Crippen LogP contribution in [0.3, 0.4) is 0 Å². The van der Waals surface area contributed by atoms with Crippen molar-refractivity contribution in [2.45, 2.75) is 13.3 Å². The Morgan fingerprint density at radius 2 is 1.86 bits per heavy atom. The van der Waals surface area contributed by atoms with Crippen LogP contribution < -0.4 is 4.74 Å². The van der Waals surface area contributed by atoms with E-state index in [0.717, 1.165) is 6.07 Å². The lowest BCUT2D eigenvalue weighted by molar-refractivity contribution is -0.134. The molecular formula is C16H12F2O4. The molecule has 0 spiro atoms. The molecule has 0 aliphatic carbocycles. The fourth-order valence-electron chi connectivity index (χ4n) is 1.87. The second-order valence-corrected chi connectivity index (χ2v) is 4.47. The first-order chi connectivity index (χ1) is 10.4. The molecule has 2 aromatic rings. The van der Waals surface area contributed by atoms with Gasteiger partial charge in [0.1, 0.15) is 22.9 Å². The van der Waals surface area contributed by atoms with Gasteiger partial charge < -0.3 is 9.84 Å². The quantitative estimate of drug-likeness (QED) is 0.692. The van der Waals surface area contributed by atoms with E-state index < -0.39 is 23.6 Å². The molecule has 0 radical (unpaired) electrons. The van der Waals surface area contributed by atoms with E-state index >= 15 is 0 Å². The number of rotatable bonds is 4. The Morgan fingerprint density at radius 3 is 2.45 bits per heavy atom. The van der Waals surface area contributed by atoms with Gasteiger partial charge in [-0.3, -0.25) is 4.79 Å². The Bertz CT molecular complexity index is 741. The largest absolute Gasteiger partial charge is 0.478 e. The lowest BCUT2D eigenvalue weighted by Crippen LogP contribution is -2.09. The minimum atomic E-state index is -1.32. The first-order valence-corrected chi connectivity index (χ1v) is 6.45. The summed E-state index contributed by atoms with van der Waals surface area (Å²) in [6, 6.07) is 6.85. The molecule has 2 rings (SSSR count). The molecule has 0 atom stereocenters. The van der Waals surface area contributed by atoms with Gasteiger partial charge in [0, 0.05) is 18.1 Å². The second-order valence-electron chi connectivity index (χ2n) is 4.47. The van der Waals surface area contributed by atoms with Crippen molar-refractivity contribution < 1.29 is 28.2 Å². The third kappa shape index (κ3) is 3.28. The van der Waals surface area contributed by atoms with Gasteiger partial charge in [-0.2, -0.15) is 0 Å². The molecule has 0 aliphatic rings. The number of ether oxygens (including phenoxy) is 1. The average molecular weight is 306 g/mol. The maximum Gasteiger partial charge on any atom is 0.339 e. The highest BCUT2D eigenvalue weighted by Crippen LogP contribution is 2.29. The van der Waals surface area contributed by atoms with Crippen LogP contribution >= 0.6 is 0 Å². The zero-order valence-corrected chi connectivity index (χ0v) is 11.6. The van der Waals surface area contributed by atoms with Crippen LogP contribution in [0.4, 0.5) is 8.78 Å². The van der Waals surface area contributed by atoms with Gasteiger partial charge in [-0.25, -0.2) is 13.6 Å². The highest BCUT2D eigenvalue weighted by atomic mass is 19.1. The van der Waals surface area contributed by atoms with Crippen LogP contribution in [-0.2, 0) is 4.79 Å². The molecule has 0 heterocycles. The van der Waals surface area contributed by atoms with Crippen molar-refractivity contribution in [1.29, 1.82) is 0 Å². The lowest BCUT2D eigenvalue weighted by Gasteiger charge is -2.10. The zero-order chi connectivity index (χ0) is 16.3. The van der Waals surface area contributed by atoms with Crippen molar-refractivity contribution in [3.05, 3.63) is 53.6 Å². The third-order valence-corrected chi connectivity index (χ3v) is 2.96. The predicted octanol–water partition coefficient (Wildman–Crippen LogP) is 3.65. The Balaban J connectivity index is 2.49. The maximum absolute atomic E-state index is 13.8. The highest BCUT2D eigenvalue weighted by Gasteiger charge is 2.16. The fourth-order valence-corrected chi connectivity index (χ4v) is 1.87. The molecule has 0 fully saturated rings. The minimum Gasteiger partial charge on any atom is -0.478 e. The summed E-state index contributed by atoms with van der Waals surface area (Å²) < 4.78 is 31.6. The van der Waals surface area contributed by atoms with Gasteiger partial charge in [0.05, 0.1) is 0 Å². The van der Waals surface area contributed by atoms with E-state index in [1.54, 1.807) is 6.92 Å². The maximum atomic E-state index is 13.8. The number of hydrogen-bond acceptors (Lipinski definition) is 3. The first-order valence-electron chi connectivity index (χ1n) is 6.45. The van der Waals surface area contributed by atoms with Crippen molar-refractivity contribution in [2.24, 2.45) is 0 Å². The van der Waals surface area contributed by atoms with Crippen LogP contribution in [0.15, 0.2) is 36.4 Å². The summed E-state index contributed by atoms with van der Waals surface area (Å²) in [4.78, 5) is 22.6. The Kier molecular flexibility index (Phi) is 4.50. The molecule has 0 bridgehead atoms. The van der Waals surface area contributed by atoms with E-state index in [4.69, 9.17) is 4.74 Å². The van der Waals surface area contributed by atoms with Gasteiger partial charge in [0.2, 0.25) is 0 Å². The van der Waals surface area contributed by atoms with Crippen molar-refractivity contribution in [1.82, 2.24) is 0 Å². The lowest BCUT2D eigenvalue weighted by atomic mass is 10.0. The molecule has 1 N–H and O–H groups in total. The van der Waals surface area contributed by atoms with E-state index in [9.17, 15) is 23.5 Å². The van der Waals surface area contributed by atoms with Crippen LogP contribution in [-0.4, -0.2) is 17.0 Å². The van der Waals surface area contributed by atoms with E-state index in [1.807, 2.05) is 0 Å². The van der Waals surface area contributed by atoms with Gasteiger partial charge in [-0.1, -0.05) is 13.0 Å². The van der Waals surface area contributed by atoms with Gasteiger partial charge in [0.25, 0.3) is 0 Å². The average Bonchev–Trinajstić information content (AvgIpc) is 2.47. The number of carboxylic acid groups (broad SMARTS) is 1. The second kappa shape index (κ2) is 6.34. The van der Waals surface area contributed by atoms with Crippen LogP contribution in [0.5, 0.6) is 5.75 Å². The summed E-state index contributed by atoms with van der Waals surface area (Å²) in [6.45, 7) is 1.57. The van der Waals surface area contributed by atoms with E-state index in [0.29, 0.717) is 6.07 Å². The SMILES string of the molecule is CCC(=O)Oc1ccc(-c2ccc(F)cc2F)cc1C(=O)O. The summed E-state index contributed by atoms with van der Waals surface area (Å²) in [5, 5.41) is 9.19. The summed E-state index contributed by atoms with van der Waals surface area (Å²) in [5.41, 5.74) is 0.0199. The fraction of sp³-hybridized carbons (Fsp3) is 0.125. The smallest absolute Gasteiger partial charge is 0.339 e. The van der Waals surface area contributed by atoms with Crippen molar-refractivity contribution in [3.8, 4) is 16.9 Å². The summed E-state index contributed by atoms with van der Waals surface area (Å²) >= 11 is 0. The Hall–Kier alpha value is -2.76. The molecule has 4 nitrogen and oxygen atoms in total. The summed E-state index contributed by atoms with van der Waals surface area (Å²) in [5.74, 6) is -3.56. The van der Waals surface area contributed by atoms with Crippen molar-refractivity contribution in [2.75, 3.05) is 0 Å². The van der Waals surface area contributed by atoms with Crippen molar-refractivity contribution >= 4 is 11.9 Å². The van der Waals surface area contributed by atoms with Gasteiger partial charge in [0.15, 0.2) is 0 Å². The van der Waals surface area contributed by atoms with Gasteiger partial charge in [-0.15, -0.1) is 0 Å². The van der Waals surface area contributed by atoms with Crippen LogP contribution in [0, 0.1) is 11.6 Å². The highest BCUT2D eigenvalue weighted by molar-refractivity contribution is 5.93. The van der Waals surface area contributed by atoms with Crippen LogP contribution in [0.1, 0.15) is 23.7 Å². The monoisotopic (exact) mass is 306 g/mol. The molecule has 114 valence electrons. The molecule has 6 heteroatoms. The number of aromatic carboxylic acids is 1. The summed E-state index contributed by atoms with van der Waals surface area (Å²) in [6.07, 6.45) is 0.0907. The topological polar surface area (TPSA) is 63.6 Å². The summed E-state index contributed by atoms with van der Waals surface area (Å²) in [7, 11) is 0. The number of carbonyl (C=O) groups is 2. The molecule has 2 aromatic carbocycles. The molecule has 0 saturated heterocycles. The molecular weight excluding hydrogens is 294 g/mol. The molecule has 0 aromatic heterocycles. The predicted molar refractivity (Wildman–Crippen MR) is 74.7 cm³/mol. The standard InChI is InChI=1S/C16H12F2O4/c1-2-15(19)22-14-6-3-9(7-12(14)16(20)21)11-5-4-10(17)8-13(11)18/h3-8H,2H2,1H3,(H,20,21). The third-order valence-electron chi connectivity index (χ3n) is 2.96. The molecule has 0 aliphatic heterocycles. The van der Waals surface area contributed by atoms with Crippen molar-refractivity contribution in [3.63, 3.8) is 0 Å². The molecule has 0 amide bonds. The number of halogens is 2. The molecule has 0 saturated carbocycles. The number of carboxylic acids is 1. The number of hydrogen-bond donors (Lipinski definition) is 1. The molecule has 0 unspecified atom stereocenters. The minimum absolute atomic E-state index is 0.0530. The van der Waals surface area contributed by atoms with Gasteiger partial charge in [-0.05, 0) is 29.8 Å². The number of carbonyl (C=O) groups excluding carboxylic acids is 1.